The van der Waals surface area contributed by atoms with Crippen molar-refractivity contribution in [1.29, 1.82) is 0 Å². The van der Waals surface area contributed by atoms with Gasteiger partial charge in [-0.1, -0.05) is 35.3 Å². The minimum Gasteiger partial charge on any atom is -0.480 e. The molecule has 0 atom stereocenters. The van der Waals surface area contributed by atoms with E-state index in [-0.39, 0.29) is 21.5 Å². The van der Waals surface area contributed by atoms with E-state index in [1.54, 1.807) is 24.3 Å². The lowest BCUT2D eigenvalue weighted by molar-refractivity contribution is -0.139. The number of carboxylic acids is 1. The van der Waals surface area contributed by atoms with Crippen molar-refractivity contribution in [3.63, 3.8) is 0 Å². The summed E-state index contributed by atoms with van der Waals surface area (Å²) in [5.74, 6) is -2.25. The molecule has 148 valence electrons. The molecule has 2 amide bonds. The van der Waals surface area contributed by atoms with Crippen LogP contribution in [0.15, 0.2) is 48.0 Å². The Morgan fingerprint density at radius 2 is 1.97 bits per heavy atom. The second-order valence-corrected chi connectivity index (χ2v) is 7.04. The van der Waals surface area contributed by atoms with Crippen LogP contribution in [0, 0.1) is 0 Å². The van der Waals surface area contributed by atoms with Crippen LogP contribution < -0.4 is 15.0 Å². The summed E-state index contributed by atoms with van der Waals surface area (Å²) in [5, 5.41) is 11.6. The number of anilines is 1. The van der Waals surface area contributed by atoms with Crippen molar-refractivity contribution < 1.29 is 24.2 Å². The summed E-state index contributed by atoms with van der Waals surface area (Å²) in [6.07, 6.45) is 1.35. The van der Waals surface area contributed by atoms with Crippen molar-refractivity contribution in [3.05, 3.63) is 63.6 Å². The van der Waals surface area contributed by atoms with E-state index in [9.17, 15) is 14.4 Å². The summed E-state index contributed by atoms with van der Waals surface area (Å²) in [7, 11) is 0. The van der Waals surface area contributed by atoms with Crippen LogP contribution in [-0.4, -0.2) is 34.6 Å². The summed E-state index contributed by atoms with van der Waals surface area (Å²) in [6.45, 7) is -0.549. The second-order valence-electron chi connectivity index (χ2n) is 5.81. The van der Waals surface area contributed by atoms with Gasteiger partial charge >= 0.3 is 5.97 Å². The molecule has 1 fully saturated rings. The average Bonchev–Trinajstić information content (AvgIpc) is 2.64. The van der Waals surface area contributed by atoms with Gasteiger partial charge in [-0.3, -0.25) is 19.8 Å². The lowest BCUT2D eigenvalue weighted by atomic mass is 10.1. The molecule has 0 saturated carbocycles. The molecule has 0 bridgehead atoms. The van der Waals surface area contributed by atoms with E-state index in [1.807, 2.05) is 0 Å². The number of ether oxygens (including phenoxy) is 1. The Hall–Kier alpha value is -2.94. The number of nitrogens with one attached hydrogen (secondary N) is 1. The summed E-state index contributed by atoms with van der Waals surface area (Å²) in [6, 6.07) is 10.9. The molecular formula is C19H12Cl2N2O5S. The van der Waals surface area contributed by atoms with Gasteiger partial charge in [0.1, 0.15) is 11.3 Å². The average molecular weight is 451 g/mol. The van der Waals surface area contributed by atoms with Crippen molar-refractivity contribution in [1.82, 2.24) is 5.32 Å². The first-order valence-corrected chi connectivity index (χ1v) is 9.24. The van der Waals surface area contributed by atoms with Crippen LogP contribution in [0.2, 0.25) is 10.0 Å². The highest BCUT2D eigenvalue weighted by atomic mass is 35.5. The lowest BCUT2D eigenvalue weighted by Crippen LogP contribution is -2.54. The Kier molecular flexibility index (Phi) is 6.17. The van der Waals surface area contributed by atoms with Crippen LogP contribution in [0.4, 0.5) is 5.69 Å². The molecular weight excluding hydrogens is 439 g/mol. The third-order valence-electron chi connectivity index (χ3n) is 3.79. The van der Waals surface area contributed by atoms with Gasteiger partial charge in [0.05, 0.1) is 10.7 Å². The minimum absolute atomic E-state index is 0.0603. The number of aliphatic carboxylic acids is 1. The van der Waals surface area contributed by atoms with Crippen LogP contribution in [-0.2, 0) is 14.4 Å². The topological polar surface area (TPSA) is 95.9 Å². The fourth-order valence-electron chi connectivity index (χ4n) is 2.54. The van der Waals surface area contributed by atoms with E-state index in [2.05, 4.69) is 5.32 Å². The van der Waals surface area contributed by atoms with E-state index in [0.717, 1.165) is 0 Å². The van der Waals surface area contributed by atoms with Crippen LogP contribution in [0.25, 0.3) is 6.08 Å². The number of carboxylic acid groups (broad SMARTS) is 1. The molecule has 1 heterocycles. The Morgan fingerprint density at radius 1 is 1.21 bits per heavy atom. The van der Waals surface area contributed by atoms with Gasteiger partial charge in [-0.15, -0.1) is 0 Å². The van der Waals surface area contributed by atoms with E-state index < -0.39 is 24.4 Å². The van der Waals surface area contributed by atoms with Crippen molar-refractivity contribution in [2.75, 3.05) is 11.5 Å². The van der Waals surface area contributed by atoms with Crippen molar-refractivity contribution in [2.45, 2.75) is 0 Å². The van der Waals surface area contributed by atoms with Crippen LogP contribution >= 0.6 is 35.4 Å². The molecule has 2 aromatic carbocycles. The Labute approximate surface area is 180 Å². The van der Waals surface area contributed by atoms with E-state index in [4.69, 9.17) is 45.3 Å². The smallest absolute Gasteiger partial charge is 0.341 e. The van der Waals surface area contributed by atoms with Gasteiger partial charge < -0.3 is 9.84 Å². The van der Waals surface area contributed by atoms with E-state index >= 15 is 0 Å². The molecule has 10 heteroatoms. The fraction of sp³-hybridized carbons (Fsp3) is 0.0526. The van der Waals surface area contributed by atoms with Crippen molar-refractivity contribution in [2.24, 2.45) is 0 Å². The van der Waals surface area contributed by atoms with Gasteiger partial charge in [0.15, 0.2) is 11.7 Å². The van der Waals surface area contributed by atoms with Gasteiger partial charge in [-0.25, -0.2) is 4.79 Å². The predicted octanol–water partition coefficient (Wildman–Crippen LogP) is 3.29. The van der Waals surface area contributed by atoms with Gasteiger partial charge in [0.25, 0.3) is 11.8 Å². The van der Waals surface area contributed by atoms with Gasteiger partial charge in [-0.2, -0.15) is 0 Å². The number of nitrogens with zero attached hydrogens (tertiary/aromatic N) is 1. The number of amides is 2. The highest BCUT2D eigenvalue weighted by Crippen LogP contribution is 2.28. The Balaban J connectivity index is 1.92. The number of hydrogen-bond acceptors (Lipinski definition) is 5. The maximum absolute atomic E-state index is 12.9. The molecule has 29 heavy (non-hydrogen) atoms. The molecule has 1 aliphatic heterocycles. The SMILES string of the molecule is O=C(O)COc1ccc(/C=C2\C(=O)NC(=S)N(c3cccc(Cl)c3)C2=O)cc1Cl. The quantitative estimate of drug-likeness (QED) is 0.412. The molecule has 0 radical (unpaired) electrons. The van der Waals surface area contributed by atoms with Gasteiger partial charge in [0, 0.05) is 5.02 Å². The molecule has 2 N–H and O–H groups in total. The largest absolute Gasteiger partial charge is 0.480 e. The number of rotatable bonds is 5. The van der Waals surface area contributed by atoms with Crippen LogP contribution in [0.5, 0.6) is 5.75 Å². The molecule has 0 aromatic heterocycles. The zero-order chi connectivity index (χ0) is 21.1. The fourth-order valence-corrected chi connectivity index (χ4v) is 3.25. The van der Waals surface area contributed by atoms with E-state index in [1.165, 1.54) is 29.2 Å². The highest BCUT2D eigenvalue weighted by molar-refractivity contribution is 7.80. The Morgan fingerprint density at radius 3 is 2.62 bits per heavy atom. The van der Waals surface area contributed by atoms with Gasteiger partial charge in [-0.05, 0) is 54.2 Å². The standard InChI is InChI=1S/C19H12Cl2N2O5S/c20-11-2-1-3-12(8-11)23-18(27)13(17(26)22-19(23)29)6-10-4-5-15(14(21)7-10)28-9-16(24)25/h1-8H,9H2,(H,24,25)(H,22,26,29)/b13-6+. The first-order chi connectivity index (χ1) is 13.8. The molecule has 1 saturated heterocycles. The zero-order valence-electron chi connectivity index (χ0n) is 14.5. The third-order valence-corrected chi connectivity index (χ3v) is 4.60. The van der Waals surface area contributed by atoms with Crippen molar-refractivity contribution in [3.8, 4) is 5.75 Å². The van der Waals surface area contributed by atoms with Crippen LogP contribution in [0.3, 0.4) is 0 Å². The third kappa shape index (κ3) is 4.73. The molecule has 0 unspecified atom stereocenters. The van der Waals surface area contributed by atoms with Gasteiger partial charge in [0.2, 0.25) is 0 Å². The lowest BCUT2D eigenvalue weighted by Gasteiger charge is -2.29. The predicted molar refractivity (Wildman–Crippen MR) is 112 cm³/mol. The molecule has 7 nitrogen and oxygen atoms in total. The first kappa shape index (κ1) is 20.8. The van der Waals surface area contributed by atoms with Crippen molar-refractivity contribution >= 4 is 70.1 Å². The summed E-state index contributed by atoms with van der Waals surface area (Å²) in [4.78, 5) is 37.0. The molecule has 0 spiro atoms. The molecule has 2 aromatic rings. The number of hydrogen-bond donors (Lipinski definition) is 2. The number of carbonyl (C=O) groups excluding carboxylic acids is 2. The van der Waals surface area contributed by atoms with Crippen LogP contribution in [0.1, 0.15) is 5.56 Å². The first-order valence-electron chi connectivity index (χ1n) is 8.07. The summed E-state index contributed by atoms with van der Waals surface area (Å²) in [5.41, 5.74) is 0.692. The monoisotopic (exact) mass is 450 g/mol. The minimum atomic E-state index is -1.14. The maximum atomic E-state index is 12.9. The molecule has 0 aliphatic carbocycles. The molecule has 3 rings (SSSR count). The second kappa shape index (κ2) is 8.60. The number of benzene rings is 2. The van der Waals surface area contributed by atoms with E-state index in [0.29, 0.717) is 16.3 Å². The number of halogens is 2. The number of thiocarbonyl (C=S) groups is 1. The summed E-state index contributed by atoms with van der Waals surface area (Å²) < 4.78 is 5.05. The Bertz CT molecular complexity index is 1070. The highest BCUT2D eigenvalue weighted by Gasteiger charge is 2.34. The molecule has 1 aliphatic rings. The zero-order valence-corrected chi connectivity index (χ0v) is 16.8. The number of carbonyl (C=O) groups is 3. The maximum Gasteiger partial charge on any atom is 0.341 e. The normalized spacial score (nSPS) is 15.4. The summed E-state index contributed by atoms with van der Waals surface area (Å²) >= 11 is 17.2.